The highest BCUT2D eigenvalue weighted by molar-refractivity contribution is 5.98. The third-order valence-electron chi connectivity index (χ3n) is 7.20. The lowest BCUT2D eigenvalue weighted by molar-refractivity contribution is 1.21. The minimum absolute atomic E-state index is 0.934. The van der Waals surface area contributed by atoms with Crippen LogP contribution in [0.1, 0.15) is 30.0 Å². The quantitative estimate of drug-likeness (QED) is 0.279. The number of allylic oxidation sites excluding steroid dienone is 5. The van der Waals surface area contributed by atoms with Crippen LogP contribution in [-0.4, -0.2) is 0 Å². The molecule has 0 heterocycles. The van der Waals surface area contributed by atoms with Crippen molar-refractivity contribution in [2.24, 2.45) is 0 Å². The molecular formula is C33H26. The molecule has 0 spiro atoms. The van der Waals surface area contributed by atoms with Gasteiger partial charge < -0.3 is 0 Å². The molecule has 0 aliphatic heterocycles. The molecule has 0 atom stereocenters. The minimum atomic E-state index is 0.934. The molecule has 0 bridgehead atoms. The molecule has 0 saturated carbocycles. The highest BCUT2D eigenvalue weighted by atomic mass is 14.3. The van der Waals surface area contributed by atoms with Crippen LogP contribution in [0.15, 0.2) is 115 Å². The maximum absolute atomic E-state index is 3.82. The topological polar surface area (TPSA) is 0 Å². The molecule has 2 aliphatic rings. The van der Waals surface area contributed by atoms with E-state index >= 15 is 0 Å². The first-order valence-corrected chi connectivity index (χ1v) is 11.7. The standard InChI is InChI=1S/C33H26/c1-3-4-5-12-24-20-32(28-16-9-8-14-26(28)22(24)2)29-17-10-13-25-21-31-27-15-7-6-11-23(27)18-19-30(31)33(25)29/h3-19H,1,20-21H2,2H3/b5-4-,24-12+. The summed E-state index contributed by atoms with van der Waals surface area (Å²) in [6.07, 6.45) is 10.1. The summed E-state index contributed by atoms with van der Waals surface area (Å²) in [5.74, 6) is 0. The van der Waals surface area contributed by atoms with E-state index < -0.39 is 0 Å². The van der Waals surface area contributed by atoms with Gasteiger partial charge in [-0.1, -0.05) is 110 Å². The fraction of sp³-hybridized carbons (Fsp3) is 0.0909. The SMILES string of the molecule is C=C/C=C\C=C1/CC(c2cccc3c2-c2ccc4ccccc4c2C3)=c2ccccc2=C1C. The summed E-state index contributed by atoms with van der Waals surface area (Å²) < 4.78 is 0. The van der Waals surface area contributed by atoms with Crippen molar-refractivity contribution in [3.63, 3.8) is 0 Å². The summed E-state index contributed by atoms with van der Waals surface area (Å²) >= 11 is 0. The maximum Gasteiger partial charge on any atom is -0.000706 e. The Kier molecular flexibility index (Phi) is 4.73. The average molecular weight is 423 g/mol. The van der Waals surface area contributed by atoms with Gasteiger partial charge >= 0.3 is 0 Å². The van der Waals surface area contributed by atoms with E-state index in [2.05, 4.69) is 105 Å². The van der Waals surface area contributed by atoms with Crippen molar-refractivity contribution >= 4 is 21.9 Å². The molecular weight excluding hydrogens is 396 g/mol. The van der Waals surface area contributed by atoms with Crippen molar-refractivity contribution in [3.05, 3.63) is 142 Å². The number of hydrogen-bond donors (Lipinski definition) is 0. The molecule has 0 radical (unpaired) electrons. The van der Waals surface area contributed by atoms with Crippen molar-refractivity contribution in [1.82, 2.24) is 0 Å². The maximum atomic E-state index is 3.82. The van der Waals surface area contributed by atoms with Gasteiger partial charge in [0.05, 0.1) is 0 Å². The zero-order valence-corrected chi connectivity index (χ0v) is 18.9. The normalized spacial score (nSPS) is 15.7. The van der Waals surface area contributed by atoms with Crippen molar-refractivity contribution < 1.29 is 0 Å². The predicted octanol–water partition coefficient (Wildman–Crippen LogP) is 6.85. The van der Waals surface area contributed by atoms with E-state index in [0.717, 1.165) is 12.8 Å². The Labute approximate surface area is 195 Å². The van der Waals surface area contributed by atoms with Gasteiger partial charge in [-0.05, 0) is 85.5 Å². The molecule has 2 aliphatic carbocycles. The van der Waals surface area contributed by atoms with E-state index in [1.807, 2.05) is 12.2 Å². The number of benzene rings is 4. The lowest BCUT2D eigenvalue weighted by atomic mass is 9.83. The Bertz CT molecular complexity index is 1620. The van der Waals surface area contributed by atoms with E-state index in [1.165, 1.54) is 65.7 Å². The Balaban J connectivity index is 1.64. The van der Waals surface area contributed by atoms with Crippen LogP contribution in [0.2, 0.25) is 0 Å². The summed E-state index contributed by atoms with van der Waals surface area (Å²) in [5.41, 5.74) is 11.3. The molecule has 33 heavy (non-hydrogen) atoms. The van der Waals surface area contributed by atoms with Gasteiger partial charge in [0.15, 0.2) is 0 Å². The third kappa shape index (κ3) is 3.14. The summed E-state index contributed by atoms with van der Waals surface area (Å²) in [5, 5.41) is 5.41. The van der Waals surface area contributed by atoms with Crippen LogP contribution in [0.25, 0.3) is 33.0 Å². The lowest BCUT2D eigenvalue weighted by Gasteiger charge is -2.21. The fourth-order valence-electron chi connectivity index (χ4n) is 5.61. The van der Waals surface area contributed by atoms with Gasteiger partial charge in [-0.25, -0.2) is 0 Å². The van der Waals surface area contributed by atoms with Crippen LogP contribution in [0.3, 0.4) is 0 Å². The first kappa shape index (κ1) is 19.8. The highest BCUT2D eigenvalue weighted by Gasteiger charge is 2.25. The van der Waals surface area contributed by atoms with E-state index in [-0.39, 0.29) is 0 Å². The smallest absolute Gasteiger partial charge is 0.000706 e. The largest absolute Gasteiger partial charge is 0.0991 e. The molecule has 0 heteroatoms. The van der Waals surface area contributed by atoms with Crippen molar-refractivity contribution in [2.75, 3.05) is 0 Å². The second-order valence-corrected chi connectivity index (χ2v) is 8.97. The first-order valence-electron chi connectivity index (χ1n) is 11.7. The molecule has 4 aromatic rings. The summed E-state index contributed by atoms with van der Waals surface area (Å²) in [4.78, 5) is 0. The van der Waals surface area contributed by atoms with Gasteiger partial charge in [0.25, 0.3) is 0 Å². The molecule has 158 valence electrons. The molecule has 0 N–H and O–H groups in total. The van der Waals surface area contributed by atoms with Crippen LogP contribution < -0.4 is 10.4 Å². The third-order valence-corrected chi connectivity index (χ3v) is 7.20. The monoisotopic (exact) mass is 422 g/mol. The molecule has 0 nitrogen and oxygen atoms in total. The second-order valence-electron chi connectivity index (χ2n) is 8.97. The van der Waals surface area contributed by atoms with Crippen LogP contribution in [0, 0.1) is 0 Å². The summed E-state index contributed by atoms with van der Waals surface area (Å²) in [7, 11) is 0. The molecule has 0 saturated heterocycles. The number of hydrogen-bond acceptors (Lipinski definition) is 0. The van der Waals surface area contributed by atoms with Crippen molar-refractivity contribution in [3.8, 4) is 11.1 Å². The number of rotatable bonds is 3. The van der Waals surface area contributed by atoms with Gasteiger partial charge in [-0.3, -0.25) is 0 Å². The van der Waals surface area contributed by atoms with Crippen LogP contribution in [-0.2, 0) is 6.42 Å². The first-order chi connectivity index (χ1) is 16.3. The minimum Gasteiger partial charge on any atom is -0.0991 e. The highest BCUT2D eigenvalue weighted by Crippen LogP contribution is 2.44. The Morgan fingerprint density at radius 3 is 2.42 bits per heavy atom. The average Bonchev–Trinajstić information content (AvgIpc) is 3.25. The molecule has 0 fully saturated rings. The van der Waals surface area contributed by atoms with Gasteiger partial charge in [-0.2, -0.15) is 0 Å². The van der Waals surface area contributed by atoms with Crippen LogP contribution in [0.4, 0.5) is 0 Å². The Morgan fingerprint density at radius 2 is 1.55 bits per heavy atom. The summed E-state index contributed by atoms with van der Waals surface area (Å²) in [6.45, 7) is 6.07. The van der Waals surface area contributed by atoms with Crippen LogP contribution in [0.5, 0.6) is 0 Å². The van der Waals surface area contributed by atoms with Gasteiger partial charge in [0.1, 0.15) is 0 Å². The van der Waals surface area contributed by atoms with E-state index in [0.29, 0.717) is 0 Å². The Hall–Kier alpha value is -3.90. The zero-order valence-electron chi connectivity index (χ0n) is 18.9. The molecule has 4 aromatic carbocycles. The van der Waals surface area contributed by atoms with Crippen LogP contribution >= 0.6 is 0 Å². The van der Waals surface area contributed by atoms with Gasteiger partial charge in [-0.15, -0.1) is 0 Å². The predicted molar refractivity (Wildman–Crippen MR) is 142 cm³/mol. The molecule has 0 aromatic heterocycles. The van der Waals surface area contributed by atoms with Crippen molar-refractivity contribution in [1.29, 1.82) is 0 Å². The molecule has 0 amide bonds. The molecule has 6 rings (SSSR count). The van der Waals surface area contributed by atoms with Crippen molar-refractivity contribution in [2.45, 2.75) is 19.8 Å². The lowest BCUT2D eigenvalue weighted by Crippen LogP contribution is -2.32. The Morgan fingerprint density at radius 1 is 0.727 bits per heavy atom. The fourth-order valence-corrected chi connectivity index (χ4v) is 5.61. The second kappa shape index (κ2) is 7.90. The van der Waals surface area contributed by atoms with Gasteiger partial charge in [0.2, 0.25) is 0 Å². The molecule has 0 unspecified atom stereocenters. The van der Waals surface area contributed by atoms with Gasteiger partial charge in [0, 0.05) is 0 Å². The van der Waals surface area contributed by atoms with E-state index in [1.54, 1.807) is 0 Å². The zero-order chi connectivity index (χ0) is 22.4. The summed E-state index contributed by atoms with van der Waals surface area (Å²) in [6, 6.07) is 29.1. The van der Waals surface area contributed by atoms with E-state index in [4.69, 9.17) is 0 Å². The van der Waals surface area contributed by atoms with E-state index in [9.17, 15) is 0 Å². The number of fused-ring (bicyclic) bond motifs is 6.